The van der Waals surface area contributed by atoms with Crippen molar-refractivity contribution in [2.24, 2.45) is 4.99 Å². The number of likely N-dealkylation sites (N-methyl/N-ethyl adjacent to an activating group) is 2. The molecule has 0 aromatic carbocycles. The zero-order valence-corrected chi connectivity index (χ0v) is 17.9. The number of amides is 1. The Balaban J connectivity index is 1.21. The first-order valence-corrected chi connectivity index (χ1v) is 10.7. The number of nitrogens with one attached hydrogen (secondary N) is 3. The molecule has 2 unspecified atom stereocenters. The SMILES string of the molecule is CN1CCN(CCNC2N=Cc3c([nH]n3C3CCN(CC(=O)N(C)C)C3)N2)CC1. The van der Waals surface area contributed by atoms with E-state index in [1.54, 1.807) is 4.90 Å². The molecule has 0 saturated carbocycles. The van der Waals surface area contributed by atoms with Crippen molar-refractivity contribution >= 4 is 17.9 Å². The van der Waals surface area contributed by atoms with Crippen molar-refractivity contribution in [2.45, 2.75) is 18.8 Å². The summed E-state index contributed by atoms with van der Waals surface area (Å²) < 4.78 is 2.19. The number of hydrogen-bond donors (Lipinski definition) is 3. The van der Waals surface area contributed by atoms with E-state index in [4.69, 9.17) is 0 Å². The van der Waals surface area contributed by atoms with Gasteiger partial charge in [0.2, 0.25) is 5.91 Å². The number of rotatable bonds is 7. The van der Waals surface area contributed by atoms with Crippen LogP contribution in [0.15, 0.2) is 4.99 Å². The van der Waals surface area contributed by atoms with Gasteiger partial charge in [0, 0.05) is 66.5 Å². The van der Waals surface area contributed by atoms with Crippen molar-refractivity contribution < 1.29 is 4.79 Å². The quantitative estimate of drug-likeness (QED) is 0.546. The summed E-state index contributed by atoms with van der Waals surface area (Å²) in [5.74, 6) is 1.20. The molecule has 0 bridgehead atoms. The van der Waals surface area contributed by atoms with Gasteiger partial charge < -0.3 is 15.1 Å². The Kier molecular flexibility index (Phi) is 6.23. The maximum Gasteiger partial charge on any atom is 0.236 e. The molecule has 3 N–H and O–H groups in total. The molecule has 0 aliphatic carbocycles. The summed E-state index contributed by atoms with van der Waals surface area (Å²) in [4.78, 5) is 25.3. The molecule has 0 radical (unpaired) electrons. The number of H-pyrrole nitrogens is 1. The Bertz CT molecular complexity index is 716. The number of aliphatic imine (C=N–C) groups is 1. The van der Waals surface area contributed by atoms with E-state index in [9.17, 15) is 4.79 Å². The van der Waals surface area contributed by atoms with Gasteiger partial charge in [-0.05, 0) is 13.5 Å². The van der Waals surface area contributed by atoms with Crippen molar-refractivity contribution in [2.75, 3.05) is 85.4 Å². The minimum absolute atomic E-state index is 0.0753. The van der Waals surface area contributed by atoms with E-state index in [1.165, 1.54) is 0 Å². The highest BCUT2D eigenvalue weighted by atomic mass is 16.2. The van der Waals surface area contributed by atoms with Crippen molar-refractivity contribution in [1.29, 1.82) is 0 Å². The molecule has 3 aliphatic heterocycles. The minimum Gasteiger partial charge on any atom is -0.348 e. The summed E-state index contributed by atoms with van der Waals surface area (Å²) in [6.07, 6.45) is 2.93. The number of likely N-dealkylation sites (tertiary alicyclic amines) is 1. The van der Waals surface area contributed by atoms with Crippen molar-refractivity contribution in [3.05, 3.63) is 5.69 Å². The average Bonchev–Trinajstić information content (AvgIpc) is 3.12. The molecular formula is C19H35N9O. The van der Waals surface area contributed by atoms with Crippen LogP contribution in [0.5, 0.6) is 0 Å². The molecule has 162 valence electrons. The van der Waals surface area contributed by atoms with Crippen LogP contribution in [0, 0.1) is 0 Å². The molecule has 1 amide bonds. The third-order valence-corrected chi connectivity index (χ3v) is 6.21. The fourth-order valence-electron chi connectivity index (χ4n) is 4.18. The Labute approximate surface area is 172 Å². The first-order chi connectivity index (χ1) is 14.0. The zero-order valence-electron chi connectivity index (χ0n) is 17.9. The predicted molar refractivity (Wildman–Crippen MR) is 115 cm³/mol. The van der Waals surface area contributed by atoms with Crippen molar-refractivity contribution in [3.8, 4) is 0 Å². The number of aromatic nitrogens is 2. The zero-order chi connectivity index (χ0) is 20.4. The summed E-state index contributed by atoms with van der Waals surface area (Å²) in [6, 6.07) is 0.374. The van der Waals surface area contributed by atoms with Crippen LogP contribution in [0.25, 0.3) is 0 Å². The monoisotopic (exact) mass is 405 g/mol. The fraction of sp³-hybridized carbons (Fsp3) is 0.789. The minimum atomic E-state index is -0.0753. The molecule has 3 aliphatic rings. The molecule has 0 spiro atoms. The van der Waals surface area contributed by atoms with E-state index < -0.39 is 0 Å². The molecule has 4 heterocycles. The number of aromatic amines is 1. The lowest BCUT2D eigenvalue weighted by molar-refractivity contribution is -0.129. The first kappa shape index (κ1) is 20.4. The van der Waals surface area contributed by atoms with Gasteiger partial charge in [0.15, 0.2) is 6.29 Å². The number of hydrogen-bond acceptors (Lipinski definition) is 7. The van der Waals surface area contributed by atoms with Gasteiger partial charge in [-0.15, -0.1) is 0 Å². The normalized spacial score (nSPS) is 25.9. The molecule has 29 heavy (non-hydrogen) atoms. The Morgan fingerprint density at radius 1 is 1.24 bits per heavy atom. The van der Waals surface area contributed by atoms with Gasteiger partial charge in [-0.1, -0.05) is 0 Å². The molecule has 10 heteroatoms. The van der Waals surface area contributed by atoms with Gasteiger partial charge in [-0.25, -0.2) is 0 Å². The molecular weight excluding hydrogens is 370 g/mol. The molecule has 1 aromatic heterocycles. The maximum atomic E-state index is 11.9. The van der Waals surface area contributed by atoms with E-state index in [2.05, 4.69) is 47.2 Å². The van der Waals surface area contributed by atoms with Crippen molar-refractivity contribution in [1.82, 2.24) is 34.7 Å². The van der Waals surface area contributed by atoms with E-state index in [1.807, 2.05) is 20.3 Å². The highest BCUT2D eigenvalue weighted by Gasteiger charge is 2.30. The largest absolute Gasteiger partial charge is 0.348 e. The number of fused-ring (bicyclic) bond motifs is 1. The smallest absolute Gasteiger partial charge is 0.236 e. The average molecular weight is 406 g/mol. The number of carbonyl (C=O) groups is 1. The van der Waals surface area contributed by atoms with E-state index in [0.29, 0.717) is 12.6 Å². The number of anilines is 1. The summed E-state index contributed by atoms with van der Waals surface area (Å²) in [5.41, 5.74) is 1.12. The topological polar surface area (TPSA) is 87.2 Å². The second-order valence-electron chi connectivity index (χ2n) is 8.63. The number of piperazine rings is 1. The third kappa shape index (κ3) is 4.82. The summed E-state index contributed by atoms with van der Waals surface area (Å²) in [7, 11) is 5.80. The van der Waals surface area contributed by atoms with Crippen LogP contribution in [-0.4, -0.2) is 128 Å². The van der Waals surface area contributed by atoms with Crippen molar-refractivity contribution in [3.63, 3.8) is 0 Å². The molecule has 2 atom stereocenters. The summed E-state index contributed by atoms with van der Waals surface area (Å²) in [6.45, 7) is 8.90. The lowest BCUT2D eigenvalue weighted by Gasteiger charge is -2.33. The second kappa shape index (κ2) is 8.86. The van der Waals surface area contributed by atoms with E-state index in [0.717, 1.165) is 70.3 Å². The maximum absolute atomic E-state index is 11.9. The molecule has 2 fully saturated rings. The van der Waals surface area contributed by atoms with E-state index in [-0.39, 0.29) is 12.2 Å². The molecule has 4 rings (SSSR count). The fourth-order valence-corrected chi connectivity index (χ4v) is 4.18. The summed E-state index contributed by atoms with van der Waals surface area (Å²) >= 11 is 0. The van der Waals surface area contributed by atoms with Crippen LogP contribution in [-0.2, 0) is 4.79 Å². The van der Waals surface area contributed by atoms with Crippen LogP contribution in [0.2, 0.25) is 0 Å². The predicted octanol–water partition coefficient (Wildman–Crippen LogP) is -0.884. The van der Waals surface area contributed by atoms with Gasteiger partial charge in [-0.2, -0.15) is 0 Å². The van der Waals surface area contributed by atoms with Crippen LogP contribution < -0.4 is 10.6 Å². The van der Waals surface area contributed by atoms with E-state index >= 15 is 0 Å². The van der Waals surface area contributed by atoms with Gasteiger partial charge in [0.05, 0.1) is 18.8 Å². The Hall–Kier alpha value is -1.88. The highest BCUT2D eigenvalue weighted by molar-refractivity contribution is 5.87. The van der Waals surface area contributed by atoms with Gasteiger partial charge in [-0.3, -0.25) is 34.7 Å². The number of carbonyl (C=O) groups excluding carboxylic acids is 1. The Morgan fingerprint density at radius 2 is 2.03 bits per heavy atom. The standard InChI is InChI=1S/C19H35N9O/c1-24(2)17(29)14-27-6-4-15(13-27)28-16-12-21-19(22-18(16)23-28)20-5-7-26-10-8-25(3)9-11-26/h12,15,19-20,22-23H,4-11,13-14H2,1-3H3. The Morgan fingerprint density at radius 3 is 2.76 bits per heavy atom. The first-order valence-electron chi connectivity index (χ1n) is 10.7. The lowest BCUT2D eigenvalue weighted by Crippen LogP contribution is -2.48. The van der Waals surface area contributed by atoms with Gasteiger partial charge in [0.25, 0.3) is 0 Å². The number of nitrogens with zero attached hydrogens (tertiary/aromatic N) is 6. The lowest BCUT2D eigenvalue weighted by atomic mass is 10.2. The molecule has 10 nitrogen and oxygen atoms in total. The van der Waals surface area contributed by atoms with Gasteiger partial charge in [0.1, 0.15) is 11.5 Å². The molecule has 2 saturated heterocycles. The second-order valence-corrected chi connectivity index (χ2v) is 8.63. The van der Waals surface area contributed by atoms with Crippen LogP contribution in [0.4, 0.5) is 5.82 Å². The van der Waals surface area contributed by atoms with Crippen LogP contribution in [0.1, 0.15) is 18.2 Å². The highest BCUT2D eigenvalue weighted by Crippen LogP contribution is 2.28. The van der Waals surface area contributed by atoms with Gasteiger partial charge >= 0.3 is 0 Å². The third-order valence-electron chi connectivity index (χ3n) is 6.21. The summed E-state index contributed by atoms with van der Waals surface area (Å²) in [5, 5.41) is 10.3. The molecule has 1 aromatic rings. The van der Waals surface area contributed by atoms with Crippen LogP contribution in [0.3, 0.4) is 0 Å². The van der Waals surface area contributed by atoms with Crippen LogP contribution >= 0.6 is 0 Å².